The molecule has 0 radical (unpaired) electrons. The lowest BCUT2D eigenvalue weighted by atomic mass is 9.89. The van der Waals surface area contributed by atoms with Gasteiger partial charge in [0.25, 0.3) is 0 Å². The summed E-state index contributed by atoms with van der Waals surface area (Å²) in [5.41, 5.74) is 3.03. The first-order valence-corrected chi connectivity index (χ1v) is 10.6. The standard InChI is InChI=1S/C21H21N5O2S/c1-11(2)28-17-7-15-13(8-24-26-15)6-16(17)25-20-19-14-4-3-12(9-27)5-18(14)29-21(19)23-10-22-20/h6-12H,3-5H2,1-2H3,(H,24,26)(H,22,23,25)/t12-/m0/s1. The van der Waals surface area contributed by atoms with Gasteiger partial charge in [-0.25, -0.2) is 9.97 Å². The van der Waals surface area contributed by atoms with Crippen LogP contribution in [0.25, 0.3) is 21.1 Å². The second-order valence-electron chi connectivity index (χ2n) is 7.64. The SMILES string of the molecule is CC(C)Oc1cc2[nH]ncc2cc1Nc1ncnc2sc3c(c12)CC[C@H](C=O)C3. The van der Waals surface area contributed by atoms with Crippen LogP contribution in [0.15, 0.2) is 24.7 Å². The van der Waals surface area contributed by atoms with E-state index in [-0.39, 0.29) is 12.0 Å². The average Bonchev–Trinajstić information content (AvgIpc) is 3.31. The molecule has 0 aliphatic heterocycles. The Morgan fingerprint density at radius 2 is 2.24 bits per heavy atom. The Morgan fingerprint density at radius 1 is 1.34 bits per heavy atom. The van der Waals surface area contributed by atoms with E-state index in [1.807, 2.05) is 26.0 Å². The van der Waals surface area contributed by atoms with E-state index < -0.39 is 0 Å². The number of benzene rings is 1. The number of thiophene rings is 1. The zero-order chi connectivity index (χ0) is 20.0. The monoisotopic (exact) mass is 407 g/mol. The molecule has 0 amide bonds. The Bertz CT molecular complexity index is 1210. The predicted molar refractivity (Wildman–Crippen MR) is 114 cm³/mol. The van der Waals surface area contributed by atoms with Crippen LogP contribution in [0.1, 0.15) is 30.7 Å². The summed E-state index contributed by atoms with van der Waals surface area (Å²) in [7, 11) is 0. The van der Waals surface area contributed by atoms with E-state index in [4.69, 9.17) is 4.74 Å². The molecular weight excluding hydrogens is 386 g/mol. The van der Waals surface area contributed by atoms with Crippen LogP contribution >= 0.6 is 11.3 Å². The fraction of sp³-hybridized carbons (Fsp3) is 0.333. The number of carbonyl (C=O) groups is 1. The number of nitrogens with zero attached hydrogens (tertiary/aromatic N) is 3. The number of aromatic nitrogens is 4. The van der Waals surface area contributed by atoms with Crippen LogP contribution in [-0.4, -0.2) is 32.6 Å². The van der Waals surface area contributed by atoms with Crippen molar-refractivity contribution in [2.75, 3.05) is 5.32 Å². The molecule has 29 heavy (non-hydrogen) atoms. The molecule has 1 atom stereocenters. The Labute approximate surface area is 171 Å². The number of aromatic amines is 1. The molecule has 2 N–H and O–H groups in total. The molecule has 0 spiro atoms. The van der Waals surface area contributed by atoms with E-state index in [1.165, 1.54) is 10.4 Å². The minimum atomic E-state index is 0.0375. The van der Waals surface area contributed by atoms with Crippen molar-refractivity contribution >= 4 is 50.2 Å². The van der Waals surface area contributed by atoms with Crippen LogP contribution in [0.2, 0.25) is 0 Å². The van der Waals surface area contributed by atoms with Gasteiger partial charge in [0, 0.05) is 22.2 Å². The largest absolute Gasteiger partial charge is 0.489 e. The molecule has 0 saturated heterocycles. The van der Waals surface area contributed by atoms with Crippen molar-refractivity contribution in [2.24, 2.45) is 5.92 Å². The summed E-state index contributed by atoms with van der Waals surface area (Å²) < 4.78 is 6.04. The molecule has 8 heteroatoms. The van der Waals surface area contributed by atoms with E-state index in [2.05, 4.69) is 25.5 Å². The van der Waals surface area contributed by atoms with Crippen molar-refractivity contribution in [1.29, 1.82) is 0 Å². The van der Waals surface area contributed by atoms with Crippen LogP contribution in [0, 0.1) is 5.92 Å². The Kier molecular flexibility index (Phi) is 4.43. The van der Waals surface area contributed by atoms with Crippen LogP contribution in [0.4, 0.5) is 11.5 Å². The molecule has 1 aromatic carbocycles. The third-order valence-corrected chi connectivity index (χ3v) is 6.39. The van der Waals surface area contributed by atoms with Crippen molar-refractivity contribution in [3.63, 3.8) is 0 Å². The maximum Gasteiger partial charge on any atom is 0.145 e. The van der Waals surface area contributed by atoms with Gasteiger partial charge in [-0.15, -0.1) is 11.3 Å². The van der Waals surface area contributed by atoms with Gasteiger partial charge in [0.15, 0.2) is 0 Å². The summed E-state index contributed by atoms with van der Waals surface area (Å²) in [6.45, 7) is 4.01. The molecule has 5 rings (SSSR count). The second kappa shape index (κ2) is 7.11. The second-order valence-corrected chi connectivity index (χ2v) is 8.73. The highest BCUT2D eigenvalue weighted by Crippen LogP contribution is 2.41. The normalized spacial score (nSPS) is 16.3. The van der Waals surface area contributed by atoms with Crippen molar-refractivity contribution in [3.05, 3.63) is 35.1 Å². The van der Waals surface area contributed by atoms with Crippen LogP contribution in [-0.2, 0) is 17.6 Å². The highest BCUT2D eigenvalue weighted by Gasteiger charge is 2.25. The van der Waals surface area contributed by atoms with Crippen LogP contribution in [0.5, 0.6) is 5.75 Å². The summed E-state index contributed by atoms with van der Waals surface area (Å²) >= 11 is 1.67. The van der Waals surface area contributed by atoms with E-state index >= 15 is 0 Å². The van der Waals surface area contributed by atoms with Gasteiger partial charge in [0.1, 0.15) is 29.0 Å². The molecule has 0 saturated carbocycles. The fourth-order valence-corrected chi connectivity index (χ4v) is 5.17. The lowest BCUT2D eigenvalue weighted by Gasteiger charge is -2.18. The smallest absolute Gasteiger partial charge is 0.145 e. The van der Waals surface area contributed by atoms with E-state index in [9.17, 15) is 4.79 Å². The summed E-state index contributed by atoms with van der Waals surface area (Å²) in [5, 5.41) is 12.6. The zero-order valence-corrected chi connectivity index (χ0v) is 17.0. The molecule has 0 fully saturated rings. The highest BCUT2D eigenvalue weighted by molar-refractivity contribution is 7.19. The van der Waals surface area contributed by atoms with Crippen molar-refractivity contribution in [1.82, 2.24) is 20.2 Å². The number of hydrogen-bond donors (Lipinski definition) is 2. The zero-order valence-electron chi connectivity index (χ0n) is 16.2. The van der Waals surface area contributed by atoms with Crippen LogP contribution < -0.4 is 10.1 Å². The number of anilines is 2. The minimum Gasteiger partial charge on any atom is -0.489 e. The third-order valence-electron chi connectivity index (χ3n) is 5.23. The first kappa shape index (κ1) is 18.1. The van der Waals surface area contributed by atoms with Gasteiger partial charge in [-0.1, -0.05) is 0 Å². The third kappa shape index (κ3) is 3.23. The predicted octanol–water partition coefficient (Wildman–Crippen LogP) is 4.40. The van der Waals surface area contributed by atoms with Crippen molar-refractivity contribution < 1.29 is 9.53 Å². The first-order valence-electron chi connectivity index (χ1n) is 9.73. The molecule has 1 aliphatic carbocycles. The van der Waals surface area contributed by atoms with Gasteiger partial charge >= 0.3 is 0 Å². The van der Waals surface area contributed by atoms with Crippen LogP contribution in [0.3, 0.4) is 0 Å². The number of rotatable bonds is 5. The lowest BCUT2D eigenvalue weighted by molar-refractivity contribution is -0.111. The van der Waals surface area contributed by atoms with Gasteiger partial charge in [-0.3, -0.25) is 5.10 Å². The van der Waals surface area contributed by atoms with Crippen molar-refractivity contribution in [2.45, 2.75) is 39.2 Å². The molecular formula is C21H21N5O2S. The number of H-pyrrole nitrogens is 1. The summed E-state index contributed by atoms with van der Waals surface area (Å²) in [6, 6.07) is 3.98. The van der Waals surface area contributed by atoms with E-state index in [1.54, 1.807) is 23.9 Å². The van der Waals surface area contributed by atoms with Gasteiger partial charge in [0.2, 0.25) is 0 Å². The number of fused-ring (bicyclic) bond motifs is 4. The lowest BCUT2D eigenvalue weighted by Crippen LogP contribution is -2.13. The Morgan fingerprint density at radius 3 is 3.07 bits per heavy atom. The number of nitrogens with one attached hydrogen (secondary N) is 2. The minimum absolute atomic E-state index is 0.0375. The Balaban J connectivity index is 1.60. The Hall–Kier alpha value is -3.00. The number of hydrogen-bond acceptors (Lipinski definition) is 7. The summed E-state index contributed by atoms with van der Waals surface area (Å²) in [4.78, 5) is 22.5. The fourth-order valence-electron chi connectivity index (χ4n) is 3.89. The van der Waals surface area contributed by atoms with Crippen molar-refractivity contribution in [3.8, 4) is 5.75 Å². The molecule has 4 aromatic rings. The summed E-state index contributed by atoms with van der Waals surface area (Å²) in [6.07, 6.45) is 7.03. The number of ether oxygens (including phenoxy) is 1. The average molecular weight is 407 g/mol. The summed E-state index contributed by atoms with van der Waals surface area (Å²) in [5.74, 6) is 1.62. The molecule has 0 unspecified atom stereocenters. The molecule has 148 valence electrons. The quantitative estimate of drug-likeness (QED) is 0.476. The van der Waals surface area contributed by atoms with Gasteiger partial charge in [-0.2, -0.15) is 5.10 Å². The van der Waals surface area contributed by atoms with E-state index in [0.717, 1.165) is 63.9 Å². The topological polar surface area (TPSA) is 92.8 Å². The maximum atomic E-state index is 11.2. The molecule has 0 bridgehead atoms. The molecule has 7 nitrogen and oxygen atoms in total. The van der Waals surface area contributed by atoms with Gasteiger partial charge < -0.3 is 14.8 Å². The highest BCUT2D eigenvalue weighted by atomic mass is 32.1. The molecule has 1 aliphatic rings. The van der Waals surface area contributed by atoms with E-state index in [0.29, 0.717) is 0 Å². The molecule has 3 aromatic heterocycles. The van der Waals surface area contributed by atoms with Gasteiger partial charge in [-0.05, 0) is 44.7 Å². The number of aryl methyl sites for hydroxylation is 1. The number of aldehydes is 1. The molecule has 3 heterocycles. The maximum absolute atomic E-state index is 11.2. The van der Waals surface area contributed by atoms with Gasteiger partial charge in [0.05, 0.1) is 28.9 Å². The first-order chi connectivity index (χ1) is 14.1. The number of carbonyl (C=O) groups excluding carboxylic acids is 1.